The summed E-state index contributed by atoms with van der Waals surface area (Å²) in [6.45, 7) is 7.02. The van der Waals surface area contributed by atoms with Crippen molar-refractivity contribution >= 4 is 29.7 Å². The molecule has 0 radical (unpaired) electrons. The lowest BCUT2D eigenvalue weighted by atomic mass is 10.0. The topological polar surface area (TPSA) is 214 Å². The number of amides is 3. The van der Waals surface area contributed by atoms with Gasteiger partial charge in [-0.25, -0.2) is 4.79 Å². The van der Waals surface area contributed by atoms with E-state index in [0.717, 1.165) is 0 Å². The number of hydrogen-bond donors (Lipinski definition) is 7. The van der Waals surface area contributed by atoms with E-state index in [1.54, 1.807) is 27.7 Å². The Kier molecular flexibility index (Phi) is 13.1. The Morgan fingerprint density at radius 2 is 1.31 bits per heavy atom. The lowest BCUT2D eigenvalue weighted by Crippen LogP contribution is -2.58. The van der Waals surface area contributed by atoms with Crippen LogP contribution in [0.4, 0.5) is 0 Å². The SMILES string of the molecule is CC(C)C(N)C(=O)NC(CCCCN)C(=O)NC(CC(=O)O)C(=O)NC(C(=O)O)C(C)C. The summed E-state index contributed by atoms with van der Waals surface area (Å²) in [4.78, 5) is 60.3. The van der Waals surface area contributed by atoms with Gasteiger partial charge in [-0.3, -0.25) is 19.2 Å². The van der Waals surface area contributed by atoms with Crippen LogP contribution < -0.4 is 27.4 Å². The van der Waals surface area contributed by atoms with E-state index in [1.807, 2.05) is 0 Å². The minimum Gasteiger partial charge on any atom is -0.481 e. The minimum atomic E-state index is -1.53. The van der Waals surface area contributed by atoms with Crippen LogP contribution >= 0.6 is 0 Å². The molecule has 184 valence electrons. The molecule has 0 rings (SSSR count). The van der Waals surface area contributed by atoms with Gasteiger partial charge in [-0.15, -0.1) is 0 Å². The van der Waals surface area contributed by atoms with E-state index in [2.05, 4.69) is 16.0 Å². The fraction of sp³-hybridized carbons (Fsp3) is 0.750. The van der Waals surface area contributed by atoms with Crippen LogP contribution in [0.25, 0.3) is 0 Å². The van der Waals surface area contributed by atoms with Crippen LogP contribution in [-0.2, 0) is 24.0 Å². The van der Waals surface area contributed by atoms with Crippen LogP contribution in [0.2, 0.25) is 0 Å². The third-order valence-electron chi connectivity index (χ3n) is 4.84. The standard InChI is InChI=1S/C20H37N5O7/c1-10(2)15(22)19(30)23-12(7-5-6-8-21)17(28)24-13(9-14(26)27)18(29)25-16(11(3)4)20(31)32/h10-13,15-16H,5-9,21-22H2,1-4H3,(H,23,30)(H,24,28)(H,25,29)(H,26,27)(H,31,32). The quantitative estimate of drug-likeness (QED) is 0.146. The van der Waals surface area contributed by atoms with Crippen LogP contribution in [-0.4, -0.2) is 70.6 Å². The average Bonchev–Trinajstić information content (AvgIpc) is 2.68. The van der Waals surface area contributed by atoms with E-state index in [0.29, 0.717) is 19.4 Å². The maximum Gasteiger partial charge on any atom is 0.326 e. The van der Waals surface area contributed by atoms with E-state index in [9.17, 15) is 29.1 Å². The molecular formula is C20H37N5O7. The third-order valence-corrected chi connectivity index (χ3v) is 4.84. The Morgan fingerprint density at radius 3 is 1.75 bits per heavy atom. The van der Waals surface area contributed by atoms with Crippen molar-refractivity contribution in [1.29, 1.82) is 0 Å². The smallest absolute Gasteiger partial charge is 0.326 e. The summed E-state index contributed by atoms with van der Waals surface area (Å²) >= 11 is 0. The van der Waals surface area contributed by atoms with Gasteiger partial charge in [-0.2, -0.15) is 0 Å². The predicted molar refractivity (Wildman–Crippen MR) is 116 cm³/mol. The van der Waals surface area contributed by atoms with Crippen molar-refractivity contribution in [3.05, 3.63) is 0 Å². The second-order valence-electron chi connectivity index (χ2n) is 8.34. The van der Waals surface area contributed by atoms with E-state index >= 15 is 0 Å². The lowest BCUT2D eigenvalue weighted by Gasteiger charge is -2.26. The molecule has 9 N–H and O–H groups in total. The molecule has 0 spiro atoms. The molecule has 0 aliphatic rings. The summed E-state index contributed by atoms with van der Waals surface area (Å²) in [5.74, 6) is -5.60. The molecule has 4 atom stereocenters. The molecule has 3 amide bonds. The van der Waals surface area contributed by atoms with Gasteiger partial charge in [-0.05, 0) is 37.6 Å². The normalized spacial score (nSPS) is 14.9. The molecule has 12 heteroatoms. The maximum atomic E-state index is 12.8. The van der Waals surface area contributed by atoms with E-state index in [-0.39, 0.29) is 12.3 Å². The lowest BCUT2D eigenvalue weighted by molar-refractivity contribution is -0.144. The number of unbranched alkanes of at least 4 members (excludes halogenated alkanes) is 1. The number of aliphatic carboxylic acids is 2. The summed E-state index contributed by atoms with van der Waals surface area (Å²) in [6, 6.07) is -4.73. The van der Waals surface area contributed by atoms with Crippen LogP contribution in [0.5, 0.6) is 0 Å². The zero-order valence-electron chi connectivity index (χ0n) is 19.1. The van der Waals surface area contributed by atoms with Gasteiger partial charge in [0, 0.05) is 0 Å². The Bertz CT molecular complexity index is 669. The summed E-state index contributed by atoms with van der Waals surface area (Å²) in [5.41, 5.74) is 11.3. The number of hydrogen-bond acceptors (Lipinski definition) is 7. The average molecular weight is 460 g/mol. The number of carboxylic acid groups (broad SMARTS) is 2. The molecule has 0 aliphatic heterocycles. The molecule has 0 saturated carbocycles. The molecule has 0 aromatic carbocycles. The molecule has 0 bridgehead atoms. The summed E-state index contributed by atoms with van der Waals surface area (Å²) in [5, 5.41) is 25.5. The van der Waals surface area contributed by atoms with Gasteiger partial charge >= 0.3 is 11.9 Å². The third kappa shape index (κ3) is 10.5. The number of nitrogens with one attached hydrogen (secondary N) is 3. The molecule has 0 fully saturated rings. The van der Waals surface area contributed by atoms with Crippen LogP contribution in [0.15, 0.2) is 0 Å². The van der Waals surface area contributed by atoms with Gasteiger partial charge in [-0.1, -0.05) is 27.7 Å². The predicted octanol–water partition coefficient (Wildman–Crippen LogP) is -1.23. The van der Waals surface area contributed by atoms with Gasteiger partial charge in [0.25, 0.3) is 0 Å². The first-order valence-corrected chi connectivity index (χ1v) is 10.6. The summed E-state index contributed by atoms with van der Waals surface area (Å²) in [6.07, 6.45) is 0.515. The Morgan fingerprint density at radius 1 is 0.781 bits per heavy atom. The zero-order chi connectivity index (χ0) is 25.0. The Hall–Kier alpha value is -2.73. The zero-order valence-corrected chi connectivity index (χ0v) is 19.1. The van der Waals surface area contributed by atoms with Crippen LogP contribution in [0.3, 0.4) is 0 Å². The number of carbonyl (C=O) groups excluding carboxylic acids is 3. The largest absolute Gasteiger partial charge is 0.481 e. The van der Waals surface area contributed by atoms with Crippen LogP contribution in [0.1, 0.15) is 53.4 Å². The van der Waals surface area contributed by atoms with Gasteiger partial charge in [0.15, 0.2) is 0 Å². The minimum absolute atomic E-state index is 0.183. The van der Waals surface area contributed by atoms with Gasteiger partial charge in [0.1, 0.15) is 18.1 Å². The van der Waals surface area contributed by atoms with Gasteiger partial charge in [0.05, 0.1) is 12.5 Å². The Labute approximate surface area is 187 Å². The van der Waals surface area contributed by atoms with E-state index in [1.165, 1.54) is 0 Å². The van der Waals surface area contributed by atoms with Crippen molar-refractivity contribution in [2.24, 2.45) is 23.3 Å². The summed E-state index contributed by atoms with van der Waals surface area (Å²) in [7, 11) is 0. The second kappa shape index (κ2) is 14.4. The number of carbonyl (C=O) groups is 5. The monoisotopic (exact) mass is 459 g/mol. The highest BCUT2D eigenvalue weighted by atomic mass is 16.4. The second-order valence-corrected chi connectivity index (χ2v) is 8.34. The number of nitrogens with two attached hydrogens (primary N) is 2. The van der Waals surface area contributed by atoms with E-state index < -0.39 is 66.2 Å². The van der Waals surface area contributed by atoms with Crippen molar-refractivity contribution in [3.63, 3.8) is 0 Å². The van der Waals surface area contributed by atoms with Crippen molar-refractivity contribution in [1.82, 2.24) is 16.0 Å². The van der Waals surface area contributed by atoms with Crippen molar-refractivity contribution in [3.8, 4) is 0 Å². The molecule has 0 aromatic heterocycles. The van der Waals surface area contributed by atoms with E-state index in [4.69, 9.17) is 16.6 Å². The summed E-state index contributed by atoms with van der Waals surface area (Å²) < 4.78 is 0. The number of carboxylic acids is 2. The van der Waals surface area contributed by atoms with Gasteiger partial charge in [0.2, 0.25) is 17.7 Å². The van der Waals surface area contributed by atoms with Crippen molar-refractivity contribution in [2.45, 2.75) is 77.5 Å². The fourth-order valence-electron chi connectivity index (χ4n) is 2.76. The Balaban J connectivity index is 5.52. The molecular weight excluding hydrogens is 422 g/mol. The fourth-order valence-corrected chi connectivity index (χ4v) is 2.76. The highest BCUT2D eigenvalue weighted by Crippen LogP contribution is 2.07. The molecule has 0 aliphatic carbocycles. The van der Waals surface area contributed by atoms with Gasteiger partial charge < -0.3 is 37.6 Å². The first kappa shape index (κ1) is 29.3. The van der Waals surface area contributed by atoms with Crippen molar-refractivity contribution < 1.29 is 34.2 Å². The molecule has 0 saturated heterocycles. The molecule has 0 aromatic rings. The van der Waals surface area contributed by atoms with Crippen LogP contribution in [0, 0.1) is 11.8 Å². The first-order chi connectivity index (χ1) is 14.8. The molecule has 0 heterocycles. The molecule has 12 nitrogen and oxygen atoms in total. The number of rotatable bonds is 15. The molecule has 4 unspecified atom stereocenters. The highest BCUT2D eigenvalue weighted by Gasteiger charge is 2.32. The molecule has 32 heavy (non-hydrogen) atoms. The first-order valence-electron chi connectivity index (χ1n) is 10.6. The van der Waals surface area contributed by atoms with Crippen molar-refractivity contribution in [2.75, 3.05) is 6.54 Å². The highest BCUT2D eigenvalue weighted by molar-refractivity contribution is 5.95. The maximum absolute atomic E-state index is 12.8.